The molecule has 1 N–H and O–H groups in total. The van der Waals surface area contributed by atoms with Gasteiger partial charge in [0.15, 0.2) is 0 Å². The normalized spacial score (nSPS) is 10.6. The van der Waals surface area contributed by atoms with Crippen LogP contribution in [0.15, 0.2) is 36.4 Å². The molecule has 2 aromatic rings. The molecule has 0 aliphatic rings. The second-order valence-electron chi connectivity index (χ2n) is 4.92. The number of rotatable bonds is 6. The summed E-state index contributed by atoms with van der Waals surface area (Å²) in [7, 11) is 0. The van der Waals surface area contributed by atoms with Crippen molar-refractivity contribution in [2.45, 2.75) is 33.3 Å². The van der Waals surface area contributed by atoms with Crippen molar-refractivity contribution in [2.75, 3.05) is 11.9 Å². The van der Waals surface area contributed by atoms with Crippen molar-refractivity contribution in [1.29, 1.82) is 0 Å². The summed E-state index contributed by atoms with van der Waals surface area (Å²) in [5, 5.41) is 11.6. The minimum Gasteiger partial charge on any atom is -0.491 e. The molecule has 0 unspecified atom stereocenters. The zero-order valence-electron chi connectivity index (χ0n) is 12.3. The molecule has 20 heavy (non-hydrogen) atoms. The van der Waals surface area contributed by atoms with Gasteiger partial charge in [-0.2, -0.15) is 0 Å². The van der Waals surface area contributed by atoms with Gasteiger partial charge in [0.2, 0.25) is 0 Å². The number of aromatic nitrogens is 2. The molecule has 0 saturated carbocycles. The number of ether oxygens (including phenoxy) is 1. The van der Waals surface area contributed by atoms with Gasteiger partial charge < -0.3 is 10.1 Å². The summed E-state index contributed by atoms with van der Waals surface area (Å²) in [6, 6.07) is 11.8. The van der Waals surface area contributed by atoms with E-state index >= 15 is 0 Å². The summed E-state index contributed by atoms with van der Waals surface area (Å²) in [6.45, 7) is 7.06. The Morgan fingerprint density at radius 3 is 2.35 bits per heavy atom. The second kappa shape index (κ2) is 6.89. The molecule has 4 nitrogen and oxygen atoms in total. The number of hydrogen-bond acceptors (Lipinski definition) is 4. The van der Waals surface area contributed by atoms with Gasteiger partial charge in [-0.1, -0.05) is 6.92 Å². The van der Waals surface area contributed by atoms with Gasteiger partial charge in [0.1, 0.15) is 11.6 Å². The van der Waals surface area contributed by atoms with E-state index in [1.54, 1.807) is 0 Å². The van der Waals surface area contributed by atoms with Gasteiger partial charge in [0.05, 0.1) is 11.8 Å². The maximum atomic E-state index is 5.62. The number of nitrogens with one attached hydrogen (secondary N) is 1. The molecule has 0 fully saturated rings. The van der Waals surface area contributed by atoms with E-state index in [9.17, 15) is 0 Å². The first-order chi connectivity index (χ1) is 9.69. The molecule has 4 heteroatoms. The summed E-state index contributed by atoms with van der Waals surface area (Å²) in [5.74, 6) is 1.69. The van der Waals surface area contributed by atoms with Gasteiger partial charge in [-0.15, -0.1) is 10.2 Å². The molecule has 0 saturated heterocycles. The van der Waals surface area contributed by atoms with Crippen LogP contribution < -0.4 is 10.1 Å². The molecular weight excluding hydrogens is 250 g/mol. The predicted octanol–water partition coefficient (Wildman–Crippen LogP) is 3.75. The smallest absolute Gasteiger partial charge is 0.148 e. The molecule has 1 aromatic carbocycles. The third-order valence-electron chi connectivity index (χ3n) is 2.74. The van der Waals surface area contributed by atoms with Crippen LogP contribution in [0.2, 0.25) is 0 Å². The summed E-state index contributed by atoms with van der Waals surface area (Å²) in [6.07, 6.45) is 1.25. The van der Waals surface area contributed by atoms with E-state index < -0.39 is 0 Å². The van der Waals surface area contributed by atoms with Crippen molar-refractivity contribution in [3.8, 4) is 17.0 Å². The Bertz CT molecular complexity index is 520. The monoisotopic (exact) mass is 271 g/mol. The fraction of sp³-hybridized carbons (Fsp3) is 0.375. The van der Waals surface area contributed by atoms with Crippen LogP contribution in [0.25, 0.3) is 11.3 Å². The fourth-order valence-corrected chi connectivity index (χ4v) is 1.81. The summed E-state index contributed by atoms with van der Waals surface area (Å²) >= 11 is 0. The van der Waals surface area contributed by atoms with Crippen molar-refractivity contribution < 1.29 is 4.74 Å². The summed E-state index contributed by atoms with van der Waals surface area (Å²) in [5.41, 5.74) is 1.90. The van der Waals surface area contributed by atoms with Crippen LogP contribution in [-0.4, -0.2) is 22.8 Å². The zero-order valence-corrected chi connectivity index (χ0v) is 12.3. The fourth-order valence-electron chi connectivity index (χ4n) is 1.81. The largest absolute Gasteiger partial charge is 0.491 e. The van der Waals surface area contributed by atoms with Crippen molar-refractivity contribution in [3.05, 3.63) is 36.4 Å². The van der Waals surface area contributed by atoms with Crippen LogP contribution in [0, 0.1) is 0 Å². The van der Waals surface area contributed by atoms with Crippen LogP contribution in [0.3, 0.4) is 0 Å². The number of benzene rings is 1. The lowest BCUT2D eigenvalue weighted by molar-refractivity contribution is 0.242. The highest BCUT2D eigenvalue weighted by molar-refractivity contribution is 5.60. The minimum atomic E-state index is 0.185. The maximum absolute atomic E-state index is 5.62. The molecule has 0 atom stereocenters. The van der Waals surface area contributed by atoms with E-state index in [1.165, 1.54) is 0 Å². The van der Waals surface area contributed by atoms with Crippen LogP contribution in [0.4, 0.5) is 5.82 Å². The van der Waals surface area contributed by atoms with E-state index in [4.69, 9.17) is 4.74 Å². The molecule has 2 rings (SSSR count). The molecule has 0 spiro atoms. The first kappa shape index (κ1) is 14.3. The van der Waals surface area contributed by atoms with Crippen LogP contribution in [-0.2, 0) is 0 Å². The first-order valence-corrected chi connectivity index (χ1v) is 7.03. The summed E-state index contributed by atoms with van der Waals surface area (Å²) < 4.78 is 5.62. The van der Waals surface area contributed by atoms with E-state index in [2.05, 4.69) is 22.4 Å². The number of anilines is 1. The number of nitrogens with zero attached hydrogens (tertiary/aromatic N) is 2. The third kappa shape index (κ3) is 3.95. The Morgan fingerprint density at radius 2 is 1.80 bits per heavy atom. The molecule has 1 heterocycles. The van der Waals surface area contributed by atoms with Crippen LogP contribution >= 0.6 is 0 Å². The Kier molecular flexibility index (Phi) is 4.93. The molecule has 0 aliphatic carbocycles. The van der Waals surface area contributed by atoms with Gasteiger partial charge in [-0.25, -0.2) is 0 Å². The lowest BCUT2D eigenvalue weighted by Crippen LogP contribution is -2.05. The molecule has 106 valence electrons. The van der Waals surface area contributed by atoms with Crippen molar-refractivity contribution in [1.82, 2.24) is 10.2 Å². The van der Waals surface area contributed by atoms with Crippen molar-refractivity contribution in [2.24, 2.45) is 0 Å². The van der Waals surface area contributed by atoms with Gasteiger partial charge >= 0.3 is 0 Å². The minimum absolute atomic E-state index is 0.185. The predicted molar refractivity (Wildman–Crippen MR) is 82.0 cm³/mol. The van der Waals surface area contributed by atoms with E-state index in [1.807, 2.05) is 50.2 Å². The molecule has 0 bridgehead atoms. The second-order valence-corrected chi connectivity index (χ2v) is 4.92. The Hall–Kier alpha value is -2.10. The van der Waals surface area contributed by atoms with Gasteiger partial charge in [0.25, 0.3) is 0 Å². The van der Waals surface area contributed by atoms with Crippen LogP contribution in [0.1, 0.15) is 27.2 Å². The first-order valence-electron chi connectivity index (χ1n) is 7.03. The average Bonchev–Trinajstić information content (AvgIpc) is 2.46. The topological polar surface area (TPSA) is 47.0 Å². The summed E-state index contributed by atoms with van der Waals surface area (Å²) in [4.78, 5) is 0. The standard InChI is InChI=1S/C16H21N3O/c1-4-11-17-16-10-9-15(18-19-16)13-5-7-14(8-6-13)20-12(2)3/h5-10,12H,4,11H2,1-3H3,(H,17,19). The van der Waals surface area contributed by atoms with Crippen molar-refractivity contribution in [3.63, 3.8) is 0 Å². The SMILES string of the molecule is CCCNc1ccc(-c2ccc(OC(C)C)cc2)nn1. The van der Waals surface area contributed by atoms with Gasteiger partial charge in [-0.05, 0) is 56.7 Å². The highest BCUT2D eigenvalue weighted by atomic mass is 16.5. The Labute approximate surface area is 120 Å². The Morgan fingerprint density at radius 1 is 1.05 bits per heavy atom. The van der Waals surface area contributed by atoms with Gasteiger partial charge in [-0.3, -0.25) is 0 Å². The van der Waals surface area contributed by atoms with E-state index in [0.29, 0.717) is 0 Å². The quantitative estimate of drug-likeness (QED) is 0.869. The highest BCUT2D eigenvalue weighted by Crippen LogP contribution is 2.21. The molecule has 0 aliphatic heterocycles. The maximum Gasteiger partial charge on any atom is 0.148 e. The van der Waals surface area contributed by atoms with Crippen LogP contribution in [0.5, 0.6) is 5.75 Å². The third-order valence-corrected chi connectivity index (χ3v) is 2.74. The molecule has 1 aromatic heterocycles. The highest BCUT2D eigenvalue weighted by Gasteiger charge is 2.02. The molecule has 0 radical (unpaired) electrons. The lowest BCUT2D eigenvalue weighted by Gasteiger charge is -2.10. The lowest BCUT2D eigenvalue weighted by atomic mass is 10.1. The zero-order chi connectivity index (χ0) is 14.4. The molecular formula is C16H21N3O. The Balaban J connectivity index is 2.07. The molecule has 0 amide bonds. The van der Waals surface area contributed by atoms with Crippen molar-refractivity contribution >= 4 is 5.82 Å². The van der Waals surface area contributed by atoms with E-state index in [0.717, 1.165) is 35.8 Å². The van der Waals surface area contributed by atoms with Gasteiger partial charge in [0, 0.05) is 12.1 Å². The van der Waals surface area contributed by atoms with E-state index in [-0.39, 0.29) is 6.10 Å². The average molecular weight is 271 g/mol. The number of hydrogen-bond donors (Lipinski definition) is 1.